The zero-order valence-corrected chi connectivity index (χ0v) is 15.3. The lowest BCUT2D eigenvalue weighted by molar-refractivity contribution is -0.384. The second-order valence-corrected chi connectivity index (χ2v) is 8.13. The van der Waals surface area contributed by atoms with Gasteiger partial charge in [0.15, 0.2) is 0 Å². The second-order valence-electron chi connectivity index (χ2n) is 6.22. The summed E-state index contributed by atoms with van der Waals surface area (Å²) >= 11 is 0. The molecule has 8 nitrogen and oxygen atoms in total. The quantitative estimate of drug-likeness (QED) is 0.624. The summed E-state index contributed by atoms with van der Waals surface area (Å²) in [5, 5.41) is 13.4. The Morgan fingerprint density at radius 1 is 1.04 bits per heavy atom. The Kier molecular flexibility index (Phi) is 5.52. The van der Waals surface area contributed by atoms with E-state index in [2.05, 4.69) is 5.32 Å². The highest BCUT2D eigenvalue weighted by Gasteiger charge is 2.29. The van der Waals surface area contributed by atoms with Gasteiger partial charge in [0, 0.05) is 30.9 Å². The molecule has 1 aliphatic heterocycles. The van der Waals surface area contributed by atoms with E-state index < -0.39 is 20.9 Å². The molecule has 0 unspecified atom stereocenters. The number of anilines is 1. The van der Waals surface area contributed by atoms with E-state index in [0.29, 0.717) is 13.1 Å². The van der Waals surface area contributed by atoms with Crippen LogP contribution in [0.3, 0.4) is 0 Å². The average molecular weight is 389 g/mol. The van der Waals surface area contributed by atoms with E-state index >= 15 is 0 Å². The summed E-state index contributed by atoms with van der Waals surface area (Å²) in [4.78, 5) is 22.9. The molecule has 9 heteroatoms. The number of rotatable bonds is 5. The van der Waals surface area contributed by atoms with Crippen molar-refractivity contribution in [1.29, 1.82) is 0 Å². The maximum absolute atomic E-state index is 13.0. The lowest BCUT2D eigenvalue weighted by atomic mass is 10.2. The van der Waals surface area contributed by atoms with E-state index in [9.17, 15) is 23.3 Å². The van der Waals surface area contributed by atoms with Crippen LogP contribution in [0.15, 0.2) is 53.4 Å². The Labute approximate surface area is 157 Å². The van der Waals surface area contributed by atoms with Crippen LogP contribution in [0.25, 0.3) is 0 Å². The molecule has 1 N–H and O–H groups in total. The number of hydrogen-bond acceptors (Lipinski definition) is 5. The number of sulfonamides is 1. The fraction of sp³-hybridized carbons (Fsp3) is 0.278. The summed E-state index contributed by atoms with van der Waals surface area (Å²) in [5.74, 6) is -0.633. The number of carbonyl (C=O) groups is 1. The van der Waals surface area contributed by atoms with Gasteiger partial charge >= 0.3 is 0 Å². The zero-order chi connectivity index (χ0) is 19.4. The van der Waals surface area contributed by atoms with E-state index in [4.69, 9.17) is 0 Å². The first-order valence-corrected chi connectivity index (χ1v) is 9.98. The van der Waals surface area contributed by atoms with Gasteiger partial charge in [-0.05, 0) is 31.0 Å². The van der Waals surface area contributed by atoms with Crippen LogP contribution in [0.4, 0.5) is 11.4 Å². The van der Waals surface area contributed by atoms with Gasteiger partial charge in [-0.2, -0.15) is 4.31 Å². The van der Waals surface area contributed by atoms with Gasteiger partial charge in [0.05, 0.1) is 15.4 Å². The second kappa shape index (κ2) is 7.85. The highest BCUT2D eigenvalue weighted by atomic mass is 32.2. The van der Waals surface area contributed by atoms with E-state index in [1.54, 1.807) is 12.1 Å². The van der Waals surface area contributed by atoms with Crippen molar-refractivity contribution in [2.24, 2.45) is 0 Å². The summed E-state index contributed by atoms with van der Waals surface area (Å²) < 4.78 is 27.3. The molecule has 3 rings (SSSR count). The predicted molar refractivity (Wildman–Crippen MR) is 100 cm³/mol. The van der Waals surface area contributed by atoms with Crippen molar-refractivity contribution >= 4 is 27.3 Å². The molecule has 1 amide bonds. The van der Waals surface area contributed by atoms with Crippen molar-refractivity contribution in [3.05, 3.63) is 64.2 Å². The van der Waals surface area contributed by atoms with Crippen LogP contribution in [0.1, 0.15) is 29.6 Å². The van der Waals surface area contributed by atoms with Crippen LogP contribution < -0.4 is 5.32 Å². The fourth-order valence-electron chi connectivity index (χ4n) is 3.02. The summed E-state index contributed by atoms with van der Waals surface area (Å²) in [7, 11) is -3.79. The number of benzene rings is 2. The maximum atomic E-state index is 13.0. The lowest BCUT2D eigenvalue weighted by Crippen LogP contribution is -2.36. The minimum Gasteiger partial charge on any atom is -0.322 e. The van der Waals surface area contributed by atoms with Gasteiger partial charge in [-0.3, -0.25) is 14.9 Å². The number of amides is 1. The molecule has 0 aromatic heterocycles. The normalized spacial score (nSPS) is 15.3. The Bertz CT molecular complexity index is 968. The van der Waals surface area contributed by atoms with Gasteiger partial charge in [-0.15, -0.1) is 0 Å². The molecule has 0 atom stereocenters. The number of nitrogens with zero attached hydrogens (tertiary/aromatic N) is 2. The monoisotopic (exact) mass is 389 g/mol. The summed E-state index contributed by atoms with van der Waals surface area (Å²) in [6.07, 6.45) is 2.57. The molecule has 27 heavy (non-hydrogen) atoms. The molecular formula is C18H19N3O5S. The lowest BCUT2D eigenvalue weighted by Gasteiger charge is -2.26. The van der Waals surface area contributed by atoms with Gasteiger partial charge in [0.25, 0.3) is 11.6 Å². The molecular weight excluding hydrogens is 370 g/mol. The first kappa shape index (κ1) is 19.0. The summed E-state index contributed by atoms with van der Waals surface area (Å²) in [6, 6.07) is 11.5. The number of non-ortho nitro benzene ring substituents is 1. The largest absolute Gasteiger partial charge is 0.322 e. The maximum Gasteiger partial charge on any atom is 0.271 e. The number of carbonyl (C=O) groups excluding carboxylic acids is 1. The molecule has 2 aromatic rings. The molecule has 0 saturated carbocycles. The Balaban J connectivity index is 1.90. The summed E-state index contributed by atoms with van der Waals surface area (Å²) in [6.45, 7) is 0.867. The molecule has 142 valence electrons. The van der Waals surface area contributed by atoms with Crippen LogP contribution in [0.2, 0.25) is 0 Å². The van der Waals surface area contributed by atoms with Gasteiger partial charge in [-0.25, -0.2) is 8.42 Å². The first-order valence-electron chi connectivity index (χ1n) is 8.54. The third-order valence-corrected chi connectivity index (χ3v) is 6.34. The van der Waals surface area contributed by atoms with Gasteiger partial charge in [0.1, 0.15) is 0 Å². The molecule has 0 bridgehead atoms. The van der Waals surface area contributed by atoms with Crippen LogP contribution in [0.5, 0.6) is 0 Å². The molecule has 2 aromatic carbocycles. The van der Waals surface area contributed by atoms with E-state index in [0.717, 1.165) is 19.3 Å². The highest BCUT2D eigenvalue weighted by molar-refractivity contribution is 7.89. The molecule has 0 radical (unpaired) electrons. The third kappa shape index (κ3) is 4.15. The van der Waals surface area contributed by atoms with E-state index in [1.807, 2.05) is 0 Å². The number of hydrogen-bond donors (Lipinski definition) is 1. The van der Waals surface area contributed by atoms with Crippen LogP contribution in [-0.4, -0.2) is 36.6 Å². The molecule has 0 aliphatic carbocycles. The van der Waals surface area contributed by atoms with Crippen molar-refractivity contribution in [2.45, 2.75) is 24.2 Å². The minimum absolute atomic E-state index is 0.00887. The third-order valence-electron chi connectivity index (χ3n) is 4.38. The van der Waals surface area contributed by atoms with E-state index in [1.165, 1.54) is 40.7 Å². The number of nitrogens with one attached hydrogen (secondary N) is 1. The van der Waals surface area contributed by atoms with Gasteiger partial charge in [0.2, 0.25) is 10.0 Å². The predicted octanol–water partition coefficient (Wildman–Crippen LogP) is 3.02. The average Bonchev–Trinajstić information content (AvgIpc) is 2.69. The molecule has 1 heterocycles. The number of nitro benzene ring substituents is 1. The number of nitro groups is 1. The minimum atomic E-state index is -3.79. The van der Waals surface area contributed by atoms with Crippen molar-refractivity contribution in [3.63, 3.8) is 0 Å². The van der Waals surface area contributed by atoms with Crippen molar-refractivity contribution < 1.29 is 18.1 Å². The smallest absolute Gasteiger partial charge is 0.271 e. The Morgan fingerprint density at radius 2 is 1.74 bits per heavy atom. The van der Waals surface area contributed by atoms with Crippen LogP contribution in [-0.2, 0) is 10.0 Å². The van der Waals surface area contributed by atoms with Crippen molar-refractivity contribution in [3.8, 4) is 0 Å². The molecule has 1 saturated heterocycles. The zero-order valence-electron chi connectivity index (χ0n) is 14.5. The first-order chi connectivity index (χ1) is 12.9. The topological polar surface area (TPSA) is 110 Å². The molecule has 1 fully saturated rings. The number of piperidine rings is 1. The highest BCUT2D eigenvalue weighted by Crippen LogP contribution is 2.25. The van der Waals surface area contributed by atoms with Crippen LogP contribution >= 0.6 is 0 Å². The van der Waals surface area contributed by atoms with E-state index in [-0.39, 0.29) is 21.8 Å². The van der Waals surface area contributed by atoms with Crippen LogP contribution in [0, 0.1) is 10.1 Å². The SMILES string of the molecule is O=C(Nc1cccc([N+](=O)[O-])c1)c1ccccc1S(=O)(=O)N1CCCCC1. The fourth-order valence-corrected chi connectivity index (χ4v) is 4.73. The standard InChI is InChI=1S/C18H19N3O5S/c22-18(19-14-7-6-8-15(13-14)21(23)24)16-9-2-3-10-17(16)27(25,26)20-11-4-1-5-12-20/h2-3,6-10,13H,1,4-5,11-12H2,(H,19,22). The molecule has 1 aliphatic rings. The molecule has 0 spiro atoms. The van der Waals surface area contributed by atoms with Crippen molar-refractivity contribution in [1.82, 2.24) is 4.31 Å². The van der Waals surface area contributed by atoms with Gasteiger partial charge < -0.3 is 5.32 Å². The van der Waals surface area contributed by atoms with Gasteiger partial charge in [-0.1, -0.05) is 24.6 Å². The Hall–Kier alpha value is -2.78. The van der Waals surface area contributed by atoms with Crippen molar-refractivity contribution in [2.75, 3.05) is 18.4 Å². The Morgan fingerprint density at radius 3 is 2.44 bits per heavy atom. The summed E-state index contributed by atoms with van der Waals surface area (Å²) in [5.41, 5.74) is 0.0657.